The molecule has 0 bridgehead atoms. The maximum atomic E-state index is 12.8. The van der Waals surface area contributed by atoms with E-state index in [1.54, 1.807) is 6.92 Å². The lowest BCUT2D eigenvalue weighted by Gasteiger charge is -2.30. The number of hydrogen-bond donors (Lipinski definition) is 1. The second-order valence-corrected chi connectivity index (χ2v) is 9.51. The highest BCUT2D eigenvalue weighted by molar-refractivity contribution is 7.88. The van der Waals surface area contributed by atoms with E-state index in [9.17, 15) is 18.0 Å². The first-order chi connectivity index (χ1) is 12.8. The first kappa shape index (κ1) is 19.8. The molecule has 1 N–H and O–H groups in total. The van der Waals surface area contributed by atoms with E-state index < -0.39 is 21.9 Å². The minimum absolute atomic E-state index is 0.157. The van der Waals surface area contributed by atoms with Crippen molar-refractivity contribution in [3.05, 3.63) is 29.8 Å². The van der Waals surface area contributed by atoms with E-state index in [2.05, 4.69) is 5.32 Å². The summed E-state index contributed by atoms with van der Waals surface area (Å²) in [5.41, 5.74) is 0.349. The predicted molar refractivity (Wildman–Crippen MR) is 106 cm³/mol. The SMILES string of the molecule is CCOC(=O)c1c(NC(=O)C2CCCN(S(C)(=O)=O)C2)sc2ccccc12. The molecule has 3 rings (SSSR count). The van der Waals surface area contributed by atoms with Crippen LogP contribution < -0.4 is 5.32 Å². The zero-order chi connectivity index (χ0) is 19.6. The highest BCUT2D eigenvalue weighted by Gasteiger charge is 2.31. The fraction of sp³-hybridized carbons (Fsp3) is 0.444. The summed E-state index contributed by atoms with van der Waals surface area (Å²) in [5.74, 6) is -1.21. The third-order valence-electron chi connectivity index (χ3n) is 4.54. The van der Waals surface area contributed by atoms with E-state index in [0.29, 0.717) is 30.0 Å². The van der Waals surface area contributed by atoms with Crippen LogP contribution in [0.15, 0.2) is 24.3 Å². The van der Waals surface area contributed by atoms with Gasteiger partial charge in [-0.05, 0) is 25.8 Å². The number of piperidine rings is 1. The van der Waals surface area contributed by atoms with Crippen LogP contribution in [0.25, 0.3) is 10.1 Å². The van der Waals surface area contributed by atoms with Crippen LogP contribution in [0.4, 0.5) is 5.00 Å². The number of ether oxygens (including phenoxy) is 1. The number of fused-ring (bicyclic) bond motifs is 1. The molecule has 1 fully saturated rings. The van der Waals surface area contributed by atoms with Gasteiger partial charge in [0.1, 0.15) is 10.6 Å². The Bertz CT molecular complexity index is 967. The number of hydrogen-bond acceptors (Lipinski definition) is 6. The monoisotopic (exact) mass is 410 g/mol. The number of thiophene rings is 1. The second-order valence-electron chi connectivity index (χ2n) is 6.47. The van der Waals surface area contributed by atoms with Gasteiger partial charge in [0, 0.05) is 23.2 Å². The number of carbonyl (C=O) groups excluding carboxylic acids is 2. The fourth-order valence-corrected chi connectivity index (χ4v) is 5.22. The van der Waals surface area contributed by atoms with Gasteiger partial charge in [-0.25, -0.2) is 17.5 Å². The number of amides is 1. The van der Waals surface area contributed by atoms with Gasteiger partial charge in [-0.3, -0.25) is 4.79 Å². The fourth-order valence-electron chi connectivity index (χ4n) is 3.21. The maximum absolute atomic E-state index is 12.8. The molecule has 0 radical (unpaired) electrons. The van der Waals surface area contributed by atoms with Gasteiger partial charge in [0.25, 0.3) is 0 Å². The molecule has 1 saturated heterocycles. The molecule has 1 aliphatic rings. The van der Waals surface area contributed by atoms with Crippen molar-refractivity contribution in [2.75, 3.05) is 31.3 Å². The third-order valence-corrected chi connectivity index (χ3v) is 6.89. The van der Waals surface area contributed by atoms with Crippen molar-refractivity contribution in [2.45, 2.75) is 19.8 Å². The van der Waals surface area contributed by atoms with Crippen molar-refractivity contribution >= 4 is 48.3 Å². The van der Waals surface area contributed by atoms with Gasteiger partial charge in [0.15, 0.2) is 0 Å². The van der Waals surface area contributed by atoms with Crippen LogP contribution >= 0.6 is 11.3 Å². The van der Waals surface area contributed by atoms with Gasteiger partial charge >= 0.3 is 5.97 Å². The largest absolute Gasteiger partial charge is 0.462 e. The molecule has 1 aromatic carbocycles. The Balaban J connectivity index is 1.86. The zero-order valence-corrected chi connectivity index (χ0v) is 16.9. The van der Waals surface area contributed by atoms with E-state index in [4.69, 9.17) is 4.74 Å². The molecule has 1 amide bonds. The Morgan fingerprint density at radius 3 is 2.78 bits per heavy atom. The molecule has 1 aromatic heterocycles. The van der Waals surface area contributed by atoms with Crippen LogP contribution in [-0.4, -0.2) is 50.6 Å². The van der Waals surface area contributed by atoms with E-state index in [-0.39, 0.29) is 19.1 Å². The summed E-state index contributed by atoms with van der Waals surface area (Å²) >= 11 is 1.31. The number of sulfonamides is 1. The van der Waals surface area contributed by atoms with Gasteiger partial charge < -0.3 is 10.1 Å². The first-order valence-electron chi connectivity index (χ1n) is 8.76. The molecule has 1 atom stereocenters. The molecule has 1 aliphatic heterocycles. The van der Waals surface area contributed by atoms with Gasteiger partial charge in [0.05, 0.1) is 18.8 Å². The van der Waals surface area contributed by atoms with E-state index in [0.717, 1.165) is 16.3 Å². The van der Waals surface area contributed by atoms with Crippen LogP contribution in [0, 0.1) is 5.92 Å². The molecule has 2 heterocycles. The van der Waals surface area contributed by atoms with Crippen LogP contribution in [0.2, 0.25) is 0 Å². The Hall–Kier alpha value is -1.97. The van der Waals surface area contributed by atoms with Crippen molar-refractivity contribution in [1.29, 1.82) is 0 Å². The molecule has 0 aliphatic carbocycles. The normalized spacial score (nSPS) is 18.4. The Kier molecular flexibility index (Phi) is 5.83. The lowest BCUT2D eigenvalue weighted by molar-refractivity contribution is -0.120. The molecule has 2 aromatic rings. The first-order valence-corrected chi connectivity index (χ1v) is 11.4. The molecular formula is C18H22N2O5S2. The quantitative estimate of drug-likeness (QED) is 0.765. The third kappa shape index (κ3) is 4.31. The number of rotatable bonds is 5. The Labute approximate surface area is 162 Å². The lowest BCUT2D eigenvalue weighted by atomic mass is 9.99. The minimum atomic E-state index is -3.33. The molecular weight excluding hydrogens is 388 g/mol. The number of nitrogens with one attached hydrogen (secondary N) is 1. The summed E-state index contributed by atoms with van der Waals surface area (Å²) in [6.07, 6.45) is 2.39. The smallest absolute Gasteiger partial charge is 0.341 e. The average molecular weight is 411 g/mol. The number of benzene rings is 1. The summed E-state index contributed by atoms with van der Waals surface area (Å²) in [6.45, 7) is 2.55. The van der Waals surface area contributed by atoms with Crippen LogP contribution in [-0.2, 0) is 19.6 Å². The van der Waals surface area contributed by atoms with E-state index in [1.807, 2.05) is 24.3 Å². The molecule has 1 unspecified atom stereocenters. The predicted octanol–water partition coefficient (Wildman–Crippen LogP) is 2.69. The number of nitrogens with zero attached hydrogens (tertiary/aromatic N) is 1. The van der Waals surface area contributed by atoms with Crippen molar-refractivity contribution in [3.8, 4) is 0 Å². The summed E-state index contributed by atoms with van der Waals surface area (Å²) in [7, 11) is -3.33. The van der Waals surface area contributed by atoms with Crippen LogP contribution in [0.3, 0.4) is 0 Å². The highest BCUT2D eigenvalue weighted by Crippen LogP contribution is 2.36. The summed E-state index contributed by atoms with van der Waals surface area (Å²) in [4.78, 5) is 25.2. The van der Waals surface area contributed by atoms with Crippen molar-refractivity contribution in [2.24, 2.45) is 5.92 Å². The van der Waals surface area contributed by atoms with Gasteiger partial charge in [-0.2, -0.15) is 0 Å². The second kappa shape index (κ2) is 7.95. The number of carbonyl (C=O) groups is 2. The Morgan fingerprint density at radius 2 is 2.07 bits per heavy atom. The van der Waals surface area contributed by atoms with Crippen molar-refractivity contribution in [1.82, 2.24) is 4.31 Å². The topological polar surface area (TPSA) is 92.8 Å². The summed E-state index contributed by atoms with van der Waals surface area (Å²) < 4.78 is 30.9. The van der Waals surface area contributed by atoms with E-state index in [1.165, 1.54) is 15.6 Å². The Morgan fingerprint density at radius 1 is 1.33 bits per heavy atom. The number of esters is 1. The summed E-state index contributed by atoms with van der Waals surface area (Å²) in [6, 6.07) is 7.39. The van der Waals surface area contributed by atoms with Crippen molar-refractivity contribution in [3.63, 3.8) is 0 Å². The molecule has 0 saturated carbocycles. The maximum Gasteiger partial charge on any atom is 0.341 e. The average Bonchev–Trinajstić information content (AvgIpc) is 2.99. The molecule has 7 nitrogen and oxygen atoms in total. The summed E-state index contributed by atoms with van der Waals surface area (Å²) in [5, 5.41) is 4.01. The van der Waals surface area contributed by atoms with Crippen LogP contribution in [0.1, 0.15) is 30.1 Å². The minimum Gasteiger partial charge on any atom is -0.462 e. The highest BCUT2D eigenvalue weighted by atomic mass is 32.2. The molecule has 146 valence electrons. The van der Waals surface area contributed by atoms with Crippen molar-refractivity contribution < 1.29 is 22.7 Å². The van der Waals surface area contributed by atoms with E-state index >= 15 is 0 Å². The van der Waals surface area contributed by atoms with Gasteiger partial charge in [0.2, 0.25) is 15.9 Å². The van der Waals surface area contributed by atoms with Crippen LogP contribution in [0.5, 0.6) is 0 Å². The van der Waals surface area contributed by atoms with Gasteiger partial charge in [-0.15, -0.1) is 11.3 Å². The number of anilines is 1. The zero-order valence-electron chi connectivity index (χ0n) is 15.2. The molecule has 27 heavy (non-hydrogen) atoms. The molecule has 0 spiro atoms. The standard InChI is InChI=1S/C18H22N2O5S2/c1-3-25-18(22)15-13-8-4-5-9-14(13)26-17(15)19-16(21)12-7-6-10-20(11-12)27(2,23)24/h4-5,8-9,12H,3,6-7,10-11H2,1-2H3,(H,19,21). The van der Waals surface area contributed by atoms with Gasteiger partial charge in [-0.1, -0.05) is 18.2 Å². The molecule has 9 heteroatoms. The lowest BCUT2D eigenvalue weighted by Crippen LogP contribution is -2.43.